The van der Waals surface area contributed by atoms with Gasteiger partial charge in [-0.1, -0.05) is 19.9 Å². The first-order valence-corrected chi connectivity index (χ1v) is 4.98. The second-order valence-electron chi connectivity index (χ2n) is 3.99. The molecule has 0 amide bonds. The van der Waals surface area contributed by atoms with Gasteiger partial charge < -0.3 is 10.3 Å². The molecule has 0 aliphatic heterocycles. The van der Waals surface area contributed by atoms with Gasteiger partial charge in [0.05, 0.1) is 5.69 Å². The van der Waals surface area contributed by atoms with Crippen molar-refractivity contribution < 1.29 is 0 Å². The molecule has 0 aliphatic rings. The van der Waals surface area contributed by atoms with Crippen LogP contribution in [0.2, 0.25) is 0 Å². The van der Waals surface area contributed by atoms with E-state index in [0.29, 0.717) is 5.92 Å². The Labute approximate surface area is 85.6 Å². The number of rotatable bonds is 4. The first kappa shape index (κ1) is 10.8. The van der Waals surface area contributed by atoms with Gasteiger partial charge in [-0.15, -0.1) is 6.58 Å². The third-order valence-electron chi connectivity index (χ3n) is 2.19. The Balaban J connectivity index is 2.97. The Morgan fingerprint density at radius 2 is 2.21 bits per heavy atom. The van der Waals surface area contributed by atoms with Crippen LogP contribution in [0.25, 0.3) is 0 Å². The molecular formula is C11H19N3. The van der Waals surface area contributed by atoms with E-state index in [4.69, 9.17) is 5.73 Å². The van der Waals surface area contributed by atoms with Crippen molar-refractivity contribution in [1.82, 2.24) is 9.55 Å². The summed E-state index contributed by atoms with van der Waals surface area (Å²) in [5.74, 6) is 2.35. The molecule has 0 saturated carbocycles. The molecule has 1 aromatic rings. The highest BCUT2D eigenvalue weighted by Gasteiger charge is 2.11. The summed E-state index contributed by atoms with van der Waals surface area (Å²) in [6.45, 7) is 10.8. The monoisotopic (exact) mass is 193 g/mol. The Kier molecular flexibility index (Phi) is 3.33. The Bertz CT molecular complexity index is 324. The lowest BCUT2D eigenvalue weighted by Crippen LogP contribution is -2.05. The largest absolute Gasteiger partial charge is 0.384 e. The highest BCUT2D eigenvalue weighted by molar-refractivity contribution is 5.38. The normalized spacial score (nSPS) is 10.9. The lowest BCUT2D eigenvalue weighted by Gasteiger charge is -2.05. The molecule has 0 saturated heterocycles. The molecule has 0 aromatic carbocycles. The quantitative estimate of drug-likeness (QED) is 0.745. The van der Waals surface area contributed by atoms with Crippen LogP contribution in [0.4, 0.5) is 5.82 Å². The number of allylic oxidation sites excluding steroid dienone is 1. The van der Waals surface area contributed by atoms with Crippen LogP contribution in [0.1, 0.15) is 25.4 Å². The van der Waals surface area contributed by atoms with Gasteiger partial charge in [0, 0.05) is 6.54 Å². The van der Waals surface area contributed by atoms with Crippen molar-refractivity contribution in [3.05, 3.63) is 24.2 Å². The van der Waals surface area contributed by atoms with Crippen LogP contribution in [0.3, 0.4) is 0 Å². The molecule has 3 nitrogen and oxygen atoms in total. The van der Waals surface area contributed by atoms with Crippen molar-refractivity contribution in [3.63, 3.8) is 0 Å². The molecule has 14 heavy (non-hydrogen) atoms. The van der Waals surface area contributed by atoms with Crippen molar-refractivity contribution in [2.24, 2.45) is 5.92 Å². The van der Waals surface area contributed by atoms with Gasteiger partial charge in [-0.3, -0.25) is 0 Å². The highest BCUT2D eigenvalue weighted by atomic mass is 15.1. The predicted octanol–water partition coefficient (Wildman–Crippen LogP) is 2.16. The summed E-state index contributed by atoms with van der Waals surface area (Å²) in [7, 11) is 0. The number of aryl methyl sites for hydroxylation is 1. The lowest BCUT2D eigenvalue weighted by molar-refractivity contribution is 0.638. The number of aromatic nitrogens is 2. The Morgan fingerprint density at radius 3 is 2.71 bits per heavy atom. The van der Waals surface area contributed by atoms with Gasteiger partial charge in [0.25, 0.3) is 0 Å². The maximum atomic E-state index is 5.99. The summed E-state index contributed by atoms with van der Waals surface area (Å²) in [5.41, 5.74) is 7.00. The summed E-state index contributed by atoms with van der Waals surface area (Å²) in [6.07, 6.45) is 2.78. The number of nitrogen functional groups attached to an aromatic ring is 1. The van der Waals surface area contributed by atoms with Gasteiger partial charge in [-0.2, -0.15) is 0 Å². The van der Waals surface area contributed by atoms with Crippen LogP contribution in [-0.4, -0.2) is 9.55 Å². The highest BCUT2D eigenvalue weighted by Crippen LogP contribution is 2.17. The van der Waals surface area contributed by atoms with Crippen LogP contribution in [0.15, 0.2) is 12.7 Å². The van der Waals surface area contributed by atoms with Crippen LogP contribution >= 0.6 is 0 Å². The van der Waals surface area contributed by atoms with Crippen LogP contribution in [0.5, 0.6) is 0 Å². The fraction of sp³-hybridized carbons (Fsp3) is 0.545. The average molecular weight is 193 g/mol. The first-order valence-electron chi connectivity index (χ1n) is 4.98. The molecule has 0 radical (unpaired) electrons. The van der Waals surface area contributed by atoms with E-state index in [1.54, 1.807) is 0 Å². The fourth-order valence-electron chi connectivity index (χ4n) is 1.54. The predicted molar refractivity (Wildman–Crippen MR) is 60.1 cm³/mol. The van der Waals surface area contributed by atoms with Crippen LogP contribution in [0, 0.1) is 12.8 Å². The number of nitrogens with zero attached hydrogens (tertiary/aromatic N) is 2. The molecular weight excluding hydrogens is 174 g/mol. The zero-order valence-electron chi connectivity index (χ0n) is 9.25. The zero-order chi connectivity index (χ0) is 10.7. The maximum Gasteiger partial charge on any atom is 0.127 e. The lowest BCUT2D eigenvalue weighted by atomic mass is 10.1. The van der Waals surface area contributed by atoms with E-state index in [-0.39, 0.29) is 0 Å². The van der Waals surface area contributed by atoms with Crippen molar-refractivity contribution in [2.45, 2.75) is 33.7 Å². The molecule has 1 rings (SSSR count). The fourth-order valence-corrected chi connectivity index (χ4v) is 1.54. The van der Waals surface area contributed by atoms with Crippen LogP contribution < -0.4 is 5.73 Å². The minimum atomic E-state index is 0.587. The number of nitrogens with two attached hydrogens (primary N) is 1. The number of anilines is 1. The van der Waals surface area contributed by atoms with Gasteiger partial charge in [0.1, 0.15) is 11.6 Å². The van der Waals surface area contributed by atoms with Gasteiger partial charge in [0.2, 0.25) is 0 Å². The van der Waals surface area contributed by atoms with Crippen molar-refractivity contribution >= 4 is 5.82 Å². The minimum Gasteiger partial charge on any atom is -0.384 e. The van der Waals surface area contributed by atoms with E-state index in [0.717, 1.165) is 30.3 Å². The van der Waals surface area contributed by atoms with E-state index in [1.165, 1.54) is 0 Å². The second kappa shape index (κ2) is 4.31. The van der Waals surface area contributed by atoms with Gasteiger partial charge in [-0.05, 0) is 19.3 Å². The van der Waals surface area contributed by atoms with E-state index in [1.807, 2.05) is 17.6 Å². The molecule has 0 spiro atoms. The molecule has 3 heteroatoms. The standard InChI is InChI=1S/C11H19N3/c1-5-6-14-9(4)13-10(11(14)12)7-8(2)3/h5,8H,1,6-7,12H2,2-4H3. The summed E-state index contributed by atoms with van der Waals surface area (Å²) < 4.78 is 1.99. The first-order chi connectivity index (χ1) is 6.56. The molecule has 0 aliphatic carbocycles. The SMILES string of the molecule is C=CCn1c(C)nc(CC(C)C)c1N. The Hall–Kier alpha value is -1.25. The maximum absolute atomic E-state index is 5.99. The summed E-state index contributed by atoms with van der Waals surface area (Å²) >= 11 is 0. The average Bonchev–Trinajstić information content (AvgIpc) is 2.32. The van der Waals surface area contributed by atoms with E-state index < -0.39 is 0 Å². The minimum absolute atomic E-state index is 0.587. The van der Waals surface area contributed by atoms with Gasteiger partial charge in [-0.25, -0.2) is 4.98 Å². The molecule has 0 bridgehead atoms. The summed E-state index contributed by atoms with van der Waals surface area (Å²) in [5, 5.41) is 0. The van der Waals surface area contributed by atoms with Crippen molar-refractivity contribution in [1.29, 1.82) is 0 Å². The second-order valence-corrected chi connectivity index (χ2v) is 3.99. The number of hydrogen-bond acceptors (Lipinski definition) is 2. The van der Waals surface area contributed by atoms with E-state index in [2.05, 4.69) is 25.4 Å². The molecule has 0 unspecified atom stereocenters. The molecule has 1 aromatic heterocycles. The van der Waals surface area contributed by atoms with Crippen molar-refractivity contribution in [3.8, 4) is 0 Å². The van der Waals surface area contributed by atoms with E-state index >= 15 is 0 Å². The summed E-state index contributed by atoms with van der Waals surface area (Å²) in [6, 6.07) is 0. The molecule has 0 atom stereocenters. The smallest absolute Gasteiger partial charge is 0.127 e. The third-order valence-corrected chi connectivity index (χ3v) is 2.19. The van der Waals surface area contributed by atoms with E-state index in [9.17, 15) is 0 Å². The summed E-state index contributed by atoms with van der Waals surface area (Å²) in [4.78, 5) is 4.46. The zero-order valence-corrected chi connectivity index (χ0v) is 9.25. The topological polar surface area (TPSA) is 43.8 Å². The number of imidazole rings is 1. The Morgan fingerprint density at radius 1 is 1.57 bits per heavy atom. The third kappa shape index (κ3) is 2.16. The molecule has 1 heterocycles. The number of hydrogen-bond donors (Lipinski definition) is 1. The van der Waals surface area contributed by atoms with Crippen LogP contribution in [-0.2, 0) is 13.0 Å². The van der Waals surface area contributed by atoms with Gasteiger partial charge in [0.15, 0.2) is 0 Å². The molecule has 78 valence electrons. The van der Waals surface area contributed by atoms with Gasteiger partial charge >= 0.3 is 0 Å². The van der Waals surface area contributed by atoms with Crippen molar-refractivity contribution in [2.75, 3.05) is 5.73 Å². The molecule has 0 fully saturated rings. The molecule has 2 N–H and O–H groups in total.